The third-order valence-corrected chi connectivity index (χ3v) is 14.7. The molecule has 52 heavy (non-hydrogen) atoms. The molecule has 8 aliphatic rings. The Morgan fingerprint density at radius 3 is 1.19 bits per heavy atom. The van der Waals surface area contributed by atoms with E-state index in [2.05, 4.69) is 78.9 Å². The highest BCUT2D eigenvalue weighted by atomic mass is 15.0. The minimum atomic E-state index is 0.368. The van der Waals surface area contributed by atoms with Crippen LogP contribution in [0.15, 0.2) is 97.1 Å². The van der Waals surface area contributed by atoms with Crippen LogP contribution in [0.5, 0.6) is 0 Å². The fraction of sp³-hybridized carbons (Fsp3) is 0.417. The van der Waals surface area contributed by atoms with Crippen molar-refractivity contribution in [2.24, 2.45) is 35.5 Å². The van der Waals surface area contributed by atoms with E-state index < -0.39 is 0 Å². The van der Waals surface area contributed by atoms with Crippen molar-refractivity contribution in [3.63, 3.8) is 0 Å². The van der Waals surface area contributed by atoms with E-state index in [4.69, 9.17) is 15.0 Å². The van der Waals surface area contributed by atoms with Crippen LogP contribution in [0.1, 0.15) is 93.7 Å². The zero-order valence-corrected chi connectivity index (χ0v) is 30.0. The molecule has 4 nitrogen and oxygen atoms in total. The molecule has 0 saturated heterocycles. The van der Waals surface area contributed by atoms with Gasteiger partial charge in [0.05, 0.1) is 11.6 Å². The summed E-state index contributed by atoms with van der Waals surface area (Å²) in [4.78, 5) is 15.5. The maximum atomic E-state index is 9.32. The Kier molecular flexibility index (Phi) is 6.96. The monoisotopic (exact) mass is 678 g/mol. The molecule has 4 heteroatoms. The van der Waals surface area contributed by atoms with Gasteiger partial charge < -0.3 is 0 Å². The van der Waals surface area contributed by atoms with E-state index in [0.717, 1.165) is 75.0 Å². The topological polar surface area (TPSA) is 62.5 Å². The fourth-order valence-corrected chi connectivity index (χ4v) is 13.2. The lowest BCUT2D eigenvalue weighted by Crippen LogP contribution is -2.48. The van der Waals surface area contributed by atoms with Crippen LogP contribution < -0.4 is 0 Å². The third kappa shape index (κ3) is 5.18. The summed E-state index contributed by atoms with van der Waals surface area (Å²) in [7, 11) is 0. The summed E-state index contributed by atoms with van der Waals surface area (Å²) in [6, 6.07) is 37.2. The van der Waals surface area contributed by atoms with Gasteiger partial charge in [-0.3, -0.25) is 0 Å². The molecule has 0 aliphatic heterocycles. The molecule has 8 bridgehead atoms. The minimum absolute atomic E-state index is 0.368. The maximum Gasteiger partial charge on any atom is 0.164 e. The van der Waals surface area contributed by atoms with E-state index >= 15 is 0 Å². The molecule has 13 rings (SSSR count). The summed E-state index contributed by atoms with van der Waals surface area (Å²) in [5.41, 5.74) is 9.65. The lowest BCUT2D eigenvalue weighted by atomic mass is 9.48. The average molecular weight is 679 g/mol. The summed E-state index contributed by atoms with van der Waals surface area (Å²) < 4.78 is 0. The van der Waals surface area contributed by atoms with Crippen LogP contribution in [-0.4, -0.2) is 15.0 Å². The zero-order valence-electron chi connectivity index (χ0n) is 30.0. The molecule has 0 atom stereocenters. The Hall–Kier alpha value is -4.62. The second-order valence-electron chi connectivity index (χ2n) is 18.1. The second-order valence-corrected chi connectivity index (χ2v) is 18.1. The van der Waals surface area contributed by atoms with Crippen LogP contribution in [0.4, 0.5) is 0 Å². The molecule has 0 radical (unpaired) electrons. The number of nitrogens with zero attached hydrogens (tertiary/aromatic N) is 4. The van der Waals surface area contributed by atoms with Gasteiger partial charge in [-0.15, -0.1) is 0 Å². The molecule has 0 amide bonds. The minimum Gasteiger partial charge on any atom is -0.208 e. The van der Waals surface area contributed by atoms with Crippen LogP contribution in [0.25, 0.3) is 45.3 Å². The summed E-state index contributed by atoms with van der Waals surface area (Å²) in [5, 5.41) is 9.32. The number of benzene rings is 4. The molecule has 0 unspecified atom stereocenters. The van der Waals surface area contributed by atoms with E-state index in [-0.39, 0.29) is 0 Å². The Morgan fingerprint density at radius 1 is 0.423 bits per heavy atom. The molecule has 1 heterocycles. The first kappa shape index (κ1) is 31.0. The summed E-state index contributed by atoms with van der Waals surface area (Å²) in [5.74, 6) is 7.69. The van der Waals surface area contributed by atoms with E-state index in [1.165, 1.54) is 88.2 Å². The molecule has 0 N–H and O–H groups in total. The van der Waals surface area contributed by atoms with Crippen molar-refractivity contribution in [2.75, 3.05) is 0 Å². The number of aromatic nitrogens is 3. The first-order valence-corrected chi connectivity index (χ1v) is 20.1. The first-order valence-electron chi connectivity index (χ1n) is 20.1. The first-order chi connectivity index (χ1) is 25.5. The summed E-state index contributed by atoms with van der Waals surface area (Å²) in [6.07, 6.45) is 17.0. The van der Waals surface area contributed by atoms with Crippen molar-refractivity contribution in [3.8, 4) is 51.4 Å². The van der Waals surface area contributed by atoms with Crippen molar-refractivity contribution in [2.45, 2.75) is 87.9 Å². The lowest BCUT2D eigenvalue weighted by Gasteiger charge is -2.57. The van der Waals surface area contributed by atoms with Crippen molar-refractivity contribution < 1.29 is 0 Å². The molecule has 258 valence electrons. The van der Waals surface area contributed by atoms with Crippen molar-refractivity contribution >= 4 is 0 Å². The standard InChI is InChI=1S/C48H46N4/c49-29-30-4-6-37(7-5-30)40-2-1-3-41(22-40)46-51-44(38-8-12-42(13-9-38)47-23-31-16-32(24-47)18-33(17-31)25-47)50-45(52-46)39-10-14-43(15-11-39)48-26-34-19-35(27-48)21-36(20-34)28-48/h1-15,22,31-36H,16-21,23-28H2/t31-,32+,33-,34-,35+,36-,47?,48?. The van der Waals surface area contributed by atoms with E-state index in [0.29, 0.717) is 22.2 Å². The zero-order chi connectivity index (χ0) is 34.4. The average Bonchev–Trinajstić information content (AvgIpc) is 3.17. The maximum absolute atomic E-state index is 9.32. The highest BCUT2D eigenvalue weighted by molar-refractivity contribution is 5.73. The van der Waals surface area contributed by atoms with Gasteiger partial charge in [0.2, 0.25) is 0 Å². The largest absolute Gasteiger partial charge is 0.208 e. The number of hydrogen-bond donors (Lipinski definition) is 0. The molecule has 8 aliphatic carbocycles. The molecule has 1 aromatic heterocycles. The van der Waals surface area contributed by atoms with Gasteiger partial charge >= 0.3 is 0 Å². The predicted octanol–water partition coefficient (Wildman–Crippen LogP) is 11.3. The normalized spacial score (nSPS) is 32.2. The molecular formula is C48H46N4. The van der Waals surface area contributed by atoms with Crippen LogP contribution in [0, 0.1) is 46.8 Å². The van der Waals surface area contributed by atoms with Crippen LogP contribution in [0.2, 0.25) is 0 Å². The highest BCUT2D eigenvalue weighted by Crippen LogP contribution is 2.62. The molecular weight excluding hydrogens is 633 g/mol. The van der Waals surface area contributed by atoms with Gasteiger partial charge in [0.1, 0.15) is 0 Å². The number of rotatable bonds is 6. The van der Waals surface area contributed by atoms with E-state index in [1.54, 1.807) is 0 Å². The van der Waals surface area contributed by atoms with Gasteiger partial charge in [-0.2, -0.15) is 5.26 Å². The Bertz CT molecular complexity index is 2030. The summed E-state index contributed by atoms with van der Waals surface area (Å²) >= 11 is 0. The van der Waals surface area contributed by atoms with Gasteiger partial charge in [-0.05, 0) is 164 Å². The van der Waals surface area contributed by atoms with Crippen molar-refractivity contribution in [1.29, 1.82) is 5.26 Å². The quantitative estimate of drug-likeness (QED) is 0.179. The third-order valence-electron chi connectivity index (χ3n) is 14.7. The highest BCUT2D eigenvalue weighted by Gasteiger charge is 2.52. The number of hydrogen-bond acceptors (Lipinski definition) is 4. The Morgan fingerprint density at radius 2 is 0.788 bits per heavy atom. The van der Waals surface area contributed by atoms with Gasteiger partial charge in [0, 0.05) is 16.7 Å². The Labute approximate surface area is 307 Å². The van der Waals surface area contributed by atoms with Crippen LogP contribution in [0.3, 0.4) is 0 Å². The van der Waals surface area contributed by atoms with Gasteiger partial charge in [0.15, 0.2) is 17.5 Å². The van der Waals surface area contributed by atoms with Crippen molar-refractivity contribution in [1.82, 2.24) is 15.0 Å². The molecule has 8 fully saturated rings. The molecule has 8 saturated carbocycles. The lowest BCUT2D eigenvalue weighted by molar-refractivity contribution is -0.00530. The van der Waals surface area contributed by atoms with Crippen molar-refractivity contribution in [3.05, 3.63) is 114 Å². The van der Waals surface area contributed by atoms with E-state index in [1.807, 2.05) is 24.3 Å². The Balaban J connectivity index is 0.967. The second kappa shape index (κ2) is 11.7. The predicted molar refractivity (Wildman–Crippen MR) is 206 cm³/mol. The molecule has 4 aromatic carbocycles. The number of nitriles is 1. The molecule has 5 aromatic rings. The van der Waals surface area contributed by atoms with Gasteiger partial charge in [-0.1, -0.05) is 78.9 Å². The van der Waals surface area contributed by atoms with Gasteiger partial charge in [-0.25, -0.2) is 15.0 Å². The smallest absolute Gasteiger partial charge is 0.164 e. The fourth-order valence-electron chi connectivity index (χ4n) is 13.2. The molecule has 0 spiro atoms. The van der Waals surface area contributed by atoms with Crippen LogP contribution in [-0.2, 0) is 10.8 Å². The van der Waals surface area contributed by atoms with Gasteiger partial charge in [0.25, 0.3) is 0 Å². The summed E-state index contributed by atoms with van der Waals surface area (Å²) in [6.45, 7) is 0. The van der Waals surface area contributed by atoms with Crippen LogP contribution >= 0.6 is 0 Å². The van der Waals surface area contributed by atoms with E-state index in [9.17, 15) is 5.26 Å². The SMILES string of the molecule is N#Cc1ccc(-c2cccc(-c3nc(-c4ccc(C56C[C@H]7C[C@@H](C5)C[C@@H](C6)C7)cc4)nc(-c4ccc(C56C[C@H]7C[C@@H](C5)C[C@@H](C6)C7)cc4)n3)c2)cc1.